The molecule has 2 aromatic carbocycles. The lowest BCUT2D eigenvalue weighted by atomic mass is 9.93. The third kappa shape index (κ3) is 4.85. The van der Waals surface area contributed by atoms with E-state index in [9.17, 15) is 26.3 Å². The molecule has 29 heavy (non-hydrogen) atoms. The summed E-state index contributed by atoms with van der Waals surface area (Å²) in [4.78, 5) is 3.90. The van der Waals surface area contributed by atoms with Crippen molar-refractivity contribution in [2.24, 2.45) is 0 Å². The first-order valence-corrected chi connectivity index (χ1v) is 8.89. The van der Waals surface area contributed by atoms with Crippen molar-refractivity contribution in [3.05, 3.63) is 87.2 Å². The Labute approximate surface area is 171 Å². The second-order valence-electron chi connectivity index (χ2n) is 6.19. The van der Waals surface area contributed by atoms with E-state index in [-0.39, 0.29) is 23.2 Å². The molecule has 3 rings (SSSR count). The standard InChI is InChI=1S/C20H11Cl2F6N/c21-17-4-2-1-3-14(17)15-9-18(22)29-10-12(15)7-11-5-6-13(19(23,24)25)8-16(11)20(26,27)28/h1-6,8-10H,7H2. The van der Waals surface area contributed by atoms with Crippen LogP contribution in [-0.4, -0.2) is 4.98 Å². The second-order valence-corrected chi connectivity index (χ2v) is 6.98. The number of benzene rings is 2. The highest BCUT2D eigenvalue weighted by molar-refractivity contribution is 6.33. The Hall–Kier alpha value is -2.25. The molecule has 0 spiro atoms. The molecule has 0 N–H and O–H groups in total. The largest absolute Gasteiger partial charge is 0.416 e. The van der Waals surface area contributed by atoms with Crippen LogP contribution in [0, 0.1) is 0 Å². The first-order chi connectivity index (χ1) is 13.5. The summed E-state index contributed by atoms with van der Waals surface area (Å²) in [6, 6.07) is 9.68. The fraction of sp³-hybridized carbons (Fsp3) is 0.150. The van der Waals surface area contributed by atoms with Gasteiger partial charge in [-0.25, -0.2) is 4.98 Å². The third-order valence-electron chi connectivity index (χ3n) is 4.24. The Balaban J connectivity index is 2.13. The van der Waals surface area contributed by atoms with E-state index in [1.54, 1.807) is 24.3 Å². The third-order valence-corrected chi connectivity index (χ3v) is 4.78. The van der Waals surface area contributed by atoms with Gasteiger partial charge in [0.1, 0.15) is 5.15 Å². The average molecular weight is 450 g/mol. The molecule has 3 aromatic rings. The van der Waals surface area contributed by atoms with Gasteiger partial charge in [-0.3, -0.25) is 0 Å². The first-order valence-electron chi connectivity index (χ1n) is 8.13. The van der Waals surface area contributed by atoms with Gasteiger partial charge in [-0.1, -0.05) is 47.5 Å². The summed E-state index contributed by atoms with van der Waals surface area (Å²) in [7, 11) is 0. The molecule has 1 heterocycles. The number of hydrogen-bond donors (Lipinski definition) is 0. The molecule has 0 saturated carbocycles. The predicted octanol–water partition coefficient (Wildman–Crippen LogP) is 7.68. The zero-order valence-electron chi connectivity index (χ0n) is 14.4. The van der Waals surface area contributed by atoms with Crippen LogP contribution in [0.3, 0.4) is 0 Å². The van der Waals surface area contributed by atoms with Gasteiger partial charge in [0.05, 0.1) is 11.1 Å². The van der Waals surface area contributed by atoms with E-state index in [0.717, 1.165) is 6.07 Å². The lowest BCUT2D eigenvalue weighted by Crippen LogP contribution is -2.14. The van der Waals surface area contributed by atoms with Gasteiger partial charge in [0, 0.05) is 23.2 Å². The maximum Gasteiger partial charge on any atom is 0.416 e. The number of hydrogen-bond acceptors (Lipinski definition) is 1. The van der Waals surface area contributed by atoms with Crippen LogP contribution in [0.15, 0.2) is 54.7 Å². The van der Waals surface area contributed by atoms with Crippen molar-refractivity contribution in [1.29, 1.82) is 0 Å². The van der Waals surface area contributed by atoms with E-state index in [4.69, 9.17) is 23.2 Å². The minimum Gasteiger partial charge on any atom is -0.244 e. The lowest BCUT2D eigenvalue weighted by molar-refractivity contribution is -0.143. The van der Waals surface area contributed by atoms with E-state index < -0.39 is 23.5 Å². The van der Waals surface area contributed by atoms with Crippen molar-refractivity contribution in [3.63, 3.8) is 0 Å². The number of alkyl halides is 6. The highest BCUT2D eigenvalue weighted by Crippen LogP contribution is 2.39. The van der Waals surface area contributed by atoms with Gasteiger partial charge >= 0.3 is 12.4 Å². The normalized spacial score (nSPS) is 12.3. The van der Waals surface area contributed by atoms with Crippen LogP contribution < -0.4 is 0 Å². The fourth-order valence-corrected chi connectivity index (χ4v) is 3.30. The SMILES string of the molecule is FC(F)(F)c1ccc(Cc2cnc(Cl)cc2-c2ccccc2Cl)c(C(F)(F)F)c1. The molecule has 0 aliphatic carbocycles. The Morgan fingerprint density at radius 1 is 0.759 bits per heavy atom. The van der Waals surface area contributed by atoms with E-state index in [1.165, 1.54) is 12.3 Å². The first kappa shape index (κ1) is 21.5. The predicted molar refractivity (Wildman–Crippen MR) is 98.9 cm³/mol. The maximum absolute atomic E-state index is 13.4. The average Bonchev–Trinajstić information content (AvgIpc) is 2.62. The summed E-state index contributed by atoms with van der Waals surface area (Å²) >= 11 is 12.1. The molecule has 0 saturated heterocycles. The van der Waals surface area contributed by atoms with E-state index in [2.05, 4.69) is 4.98 Å². The molecular weight excluding hydrogens is 439 g/mol. The van der Waals surface area contributed by atoms with Gasteiger partial charge in [0.25, 0.3) is 0 Å². The number of nitrogens with zero attached hydrogens (tertiary/aromatic N) is 1. The molecule has 0 fully saturated rings. The minimum atomic E-state index is -4.96. The number of halogens is 8. The van der Waals surface area contributed by atoms with E-state index >= 15 is 0 Å². The smallest absolute Gasteiger partial charge is 0.244 e. The molecule has 152 valence electrons. The van der Waals surface area contributed by atoms with Gasteiger partial charge in [0.15, 0.2) is 0 Å². The van der Waals surface area contributed by atoms with Crippen LogP contribution in [0.2, 0.25) is 10.2 Å². The van der Waals surface area contributed by atoms with Crippen molar-refractivity contribution >= 4 is 23.2 Å². The molecule has 1 aromatic heterocycles. The Morgan fingerprint density at radius 2 is 1.45 bits per heavy atom. The number of pyridine rings is 1. The highest BCUT2D eigenvalue weighted by atomic mass is 35.5. The molecule has 0 aliphatic heterocycles. The van der Waals surface area contributed by atoms with E-state index in [1.807, 2.05) is 0 Å². The summed E-state index contributed by atoms with van der Waals surface area (Å²) in [6.45, 7) is 0. The summed E-state index contributed by atoms with van der Waals surface area (Å²) < 4.78 is 79.0. The van der Waals surface area contributed by atoms with Crippen LogP contribution >= 0.6 is 23.2 Å². The Bertz CT molecular complexity index is 1040. The highest BCUT2D eigenvalue weighted by Gasteiger charge is 2.38. The molecule has 0 bridgehead atoms. The fourth-order valence-electron chi connectivity index (χ4n) is 2.91. The number of rotatable bonds is 3. The molecule has 0 atom stereocenters. The molecular formula is C20H11Cl2F6N. The summed E-state index contributed by atoms with van der Waals surface area (Å²) in [5.41, 5.74) is -1.73. The zero-order chi connectivity index (χ0) is 21.4. The molecule has 1 nitrogen and oxygen atoms in total. The lowest BCUT2D eigenvalue weighted by Gasteiger charge is -2.17. The van der Waals surface area contributed by atoms with Gasteiger partial charge < -0.3 is 0 Å². The van der Waals surface area contributed by atoms with Gasteiger partial charge in [-0.2, -0.15) is 26.3 Å². The van der Waals surface area contributed by atoms with Crippen molar-refractivity contribution < 1.29 is 26.3 Å². The molecule has 9 heteroatoms. The van der Waals surface area contributed by atoms with Crippen LogP contribution in [0.4, 0.5) is 26.3 Å². The van der Waals surface area contributed by atoms with Gasteiger partial charge in [0.2, 0.25) is 0 Å². The molecule has 0 radical (unpaired) electrons. The van der Waals surface area contributed by atoms with Crippen LogP contribution in [0.1, 0.15) is 22.3 Å². The van der Waals surface area contributed by atoms with Crippen molar-refractivity contribution in [3.8, 4) is 11.1 Å². The molecule has 0 amide bonds. The quantitative estimate of drug-likeness (QED) is 0.295. The molecule has 0 unspecified atom stereocenters. The van der Waals surface area contributed by atoms with Crippen molar-refractivity contribution in [2.75, 3.05) is 0 Å². The van der Waals surface area contributed by atoms with Crippen LogP contribution in [0.5, 0.6) is 0 Å². The molecule has 0 aliphatic rings. The summed E-state index contributed by atoms with van der Waals surface area (Å²) in [6.07, 6.45) is -8.86. The van der Waals surface area contributed by atoms with Gasteiger partial charge in [-0.15, -0.1) is 0 Å². The Morgan fingerprint density at radius 3 is 2.07 bits per heavy atom. The topological polar surface area (TPSA) is 12.9 Å². The Kier molecular flexibility index (Phi) is 5.83. The minimum absolute atomic E-state index is 0.104. The van der Waals surface area contributed by atoms with Crippen molar-refractivity contribution in [1.82, 2.24) is 4.98 Å². The maximum atomic E-state index is 13.4. The monoisotopic (exact) mass is 449 g/mol. The summed E-state index contributed by atoms with van der Waals surface area (Å²) in [5, 5.41) is 0.451. The summed E-state index contributed by atoms with van der Waals surface area (Å²) in [5.74, 6) is 0. The zero-order valence-corrected chi connectivity index (χ0v) is 15.9. The van der Waals surface area contributed by atoms with Crippen molar-refractivity contribution in [2.45, 2.75) is 18.8 Å². The van der Waals surface area contributed by atoms with E-state index in [0.29, 0.717) is 27.8 Å². The number of aromatic nitrogens is 1. The second kappa shape index (κ2) is 7.88. The van der Waals surface area contributed by atoms with Gasteiger partial charge in [-0.05, 0) is 41.0 Å². The van der Waals surface area contributed by atoms with Crippen LogP contribution in [-0.2, 0) is 18.8 Å². The van der Waals surface area contributed by atoms with Crippen LogP contribution in [0.25, 0.3) is 11.1 Å².